The van der Waals surface area contributed by atoms with Crippen molar-refractivity contribution in [2.75, 3.05) is 31.9 Å². The Bertz CT molecular complexity index is 469. The second-order valence-electron chi connectivity index (χ2n) is 5.89. The predicted molar refractivity (Wildman–Crippen MR) is 85.4 cm³/mol. The van der Waals surface area contributed by atoms with Gasteiger partial charge in [0.2, 0.25) is 0 Å². The van der Waals surface area contributed by atoms with Gasteiger partial charge in [0.15, 0.2) is 0 Å². The molecule has 110 valence electrons. The number of halogens is 2. The van der Waals surface area contributed by atoms with E-state index in [0.29, 0.717) is 15.7 Å². The summed E-state index contributed by atoms with van der Waals surface area (Å²) in [6.07, 6.45) is 4.06. The molecule has 1 aromatic carbocycles. The average Bonchev–Trinajstić information content (AvgIpc) is 2.44. The van der Waals surface area contributed by atoms with Crippen molar-refractivity contribution in [2.24, 2.45) is 0 Å². The SMILES string of the molecule is Nc1c(Cl)cc(CN2CCN3CCCCC3C2)cc1Cl. The van der Waals surface area contributed by atoms with E-state index in [4.69, 9.17) is 28.9 Å². The molecule has 3 nitrogen and oxygen atoms in total. The number of benzene rings is 1. The Morgan fingerprint density at radius 2 is 1.85 bits per heavy atom. The number of piperidine rings is 1. The van der Waals surface area contributed by atoms with Crippen LogP contribution < -0.4 is 5.73 Å². The third kappa shape index (κ3) is 3.06. The number of hydrogen-bond donors (Lipinski definition) is 1. The fraction of sp³-hybridized carbons (Fsp3) is 0.600. The monoisotopic (exact) mass is 313 g/mol. The summed E-state index contributed by atoms with van der Waals surface area (Å²) < 4.78 is 0. The molecule has 0 aromatic heterocycles. The van der Waals surface area contributed by atoms with Gasteiger partial charge in [0.25, 0.3) is 0 Å². The summed E-state index contributed by atoms with van der Waals surface area (Å²) in [4.78, 5) is 5.15. The first-order chi connectivity index (χ1) is 9.63. The number of nitrogens with two attached hydrogens (primary N) is 1. The second kappa shape index (κ2) is 6.10. The van der Waals surface area contributed by atoms with Crippen molar-refractivity contribution < 1.29 is 0 Å². The summed E-state index contributed by atoms with van der Waals surface area (Å²) in [5, 5.41) is 1.12. The molecule has 0 aliphatic carbocycles. The molecule has 2 aliphatic heterocycles. The minimum absolute atomic E-state index is 0.481. The van der Waals surface area contributed by atoms with Crippen LogP contribution in [0.15, 0.2) is 12.1 Å². The van der Waals surface area contributed by atoms with Crippen molar-refractivity contribution in [1.82, 2.24) is 9.80 Å². The highest BCUT2D eigenvalue weighted by molar-refractivity contribution is 6.38. The van der Waals surface area contributed by atoms with Crippen molar-refractivity contribution in [3.8, 4) is 0 Å². The van der Waals surface area contributed by atoms with Gasteiger partial charge in [-0.05, 0) is 37.1 Å². The van der Waals surface area contributed by atoms with Crippen molar-refractivity contribution >= 4 is 28.9 Å². The smallest absolute Gasteiger partial charge is 0.0693 e. The molecule has 0 bridgehead atoms. The van der Waals surface area contributed by atoms with Crippen molar-refractivity contribution in [3.05, 3.63) is 27.7 Å². The summed E-state index contributed by atoms with van der Waals surface area (Å²) in [5.41, 5.74) is 7.42. The maximum Gasteiger partial charge on any atom is 0.0693 e. The lowest BCUT2D eigenvalue weighted by atomic mass is 9.99. The molecule has 5 heteroatoms. The Morgan fingerprint density at radius 1 is 1.10 bits per heavy atom. The first-order valence-corrected chi connectivity index (χ1v) is 8.09. The molecule has 1 unspecified atom stereocenters. The first-order valence-electron chi connectivity index (χ1n) is 7.33. The Hall–Kier alpha value is -0.480. The molecular formula is C15H21Cl2N3. The van der Waals surface area contributed by atoms with Gasteiger partial charge < -0.3 is 5.73 Å². The van der Waals surface area contributed by atoms with Gasteiger partial charge in [-0.3, -0.25) is 9.80 Å². The Kier molecular flexibility index (Phi) is 4.41. The van der Waals surface area contributed by atoms with E-state index in [0.717, 1.165) is 31.2 Å². The normalized spacial score (nSPS) is 24.6. The van der Waals surface area contributed by atoms with E-state index in [9.17, 15) is 0 Å². The van der Waals surface area contributed by atoms with E-state index in [1.165, 1.54) is 32.4 Å². The van der Waals surface area contributed by atoms with E-state index in [-0.39, 0.29) is 0 Å². The number of nitrogens with zero attached hydrogens (tertiary/aromatic N) is 2. The van der Waals surface area contributed by atoms with Crippen LogP contribution in [0, 0.1) is 0 Å². The molecule has 2 heterocycles. The van der Waals surface area contributed by atoms with Crippen molar-refractivity contribution in [1.29, 1.82) is 0 Å². The lowest BCUT2D eigenvalue weighted by molar-refractivity contribution is 0.0457. The summed E-state index contributed by atoms with van der Waals surface area (Å²) >= 11 is 12.2. The van der Waals surface area contributed by atoms with Crippen molar-refractivity contribution in [2.45, 2.75) is 31.8 Å². The minimum Gasteiger partial charge on any atom is -0.396 e. The highest BCUT2D eigenvalue weighted by atomic mass is 35.5. The van der Waals surface area contributed by atoms with Crippen LogP contribution in [0.4, 0.5) is 5.69 Å². The number of anilines is 1. The highest BCUT2D eigenvalue weighted by Crippen LogP contribution is 2.30. The molecule has 1 aromatic rings. The summed E-state index contributed by atoms with van der Waals surface area (Å²) in [6.45, 7) is 5.64. The van der Waals surface area contributed by atoms with Crippen LogP contribution in [-0.2, 0) is 6.54 Å². The Labute approximate surface area is 130 Å². The lowest BCUT2D eigenvalue weighted by Crippen LogP contribution is -2.54. The van der Waals surface area contributed by atoms with Gasteiger partial charge in [0.05, 0.1) is 15.7 Å². The number of hydrogen-bond acceptors (Lipinski definition) is 3. The van der Waals surface area contributed by atoms with Crippen LogP contribution in [0.5, 0.6) is 0 Å². The first kappa shape index (κ1) is 14.5. The zero-order valence-corrected chi connectivity index (χ0v) is 13.1. The number of piperazine rings is 1. The lowest BCUT2D eigenvalue weighted by Gasteiger charge is -2.44. The van der Waals surface area contributed by atoms with Crippen LogP contribution in [0.25, 0.3) is 0 Å². The van der Waals surface area contributed by atoms with Crippen molar-refractivity contribution in [3.63, 3.8) is 0 Å². The molecule has 0 saturated carbocycles. The molecule has 3 rings (SSSR count). The molecule has 20 heavy (non-hydrogen) atoms. The minimum atomic E-state index is 0.481. The van der Waals surface area contributed by atoms with Gasteiger partial charge in [0, 0.05) is 32.2 Å². The van der Waals surface area contributed by atoms with E-state index in [2.05, 4.69) is 9.80 Å². The Morgan fingerprint density at radius 3 is 2.60 bits per heavy atom. The second-order valence-corrected chi connectivity index (χ2v) is 6.71. The summed E-state index contributed by atoms with van der Waals surface area (Å²) in [5.74, 6) is 0. The molecule has 0 radical (unpaired) electrons. The quantitative estimate of drug-likeness (QED) is 0.851. The summed E-state index contributed by atoms with van der Waals surface area (Å²) in [6, 6.07) is 4.61. The maximum absolute atomic E-state index is 6.11. The fourth-order valence-corrected chi connectivity index (χ4v) is 3.88. The van der Waals surface area contributed by atoms with E-state index < -0.39 is 0 Å². The zero-order chi connectivity index (χ0) is 14.1. The average molecular weight is 314 g/mol. The summed E-state index contributed by atoms with van der Waals surface area (Å²) in [7, 11) is 0. The van der Waals surface area contributed by atoms with Crippen LogP contribution in [0.2, 0.25) is 10.0 Å². The van der Waals surface area contributed by atoms with Crippen LogP contribution in [0.1, 0.15) is 24.8 Å². The van der Waals surface area contributed by atoms with E-state index in [1.807, 2.05) is 12.1 Å². The predicted octanol–water partition coefficient (Wildman–Crippen LogP) is 3.25. The molecule has 0 spiro atoms. The molecule has 2 aliphatic rings. The van der Waals surface area contributed by atoms with Crippen LogP contribution >= 0.6 is 23.2 Å². The van der Waals surface area contributed by atoms with E-state index >= 15 is 0 Å². The van der Waals surface area contributed by atoms with Crippen LogP contribution in [0.3, 0.4) is 0 Å². The molecular weight excluding hydrogens is 293 g/mol. The van der Waals surface area contributed by atoms with Crippen LogP contribution in [-0.4, -0.2) is 42.0 Å². The fourth-order valence-electron chi connectivity index (χ4n) is 3.35. The van der Waals surface area contributed by atoms with Gasteiger partial charge in [-0.2, -0.15) is 0 Å². The third-order valence-electron chi connectivity index (χ3n) is 4.47. The van der Waals surface area contributed by atoms with Gasteiger partial charge in [-0.15, -0.1) is 0 Å². The van der Waals surface area contributed by atoms with Gasteiger partial charge in [-0.25, -0.2) is 0 Å². The van der Waals surface area contributed by atoms with E-state index in [1.54, 1.807) is 0 Å². The molecule has 2 fully saturated rings. The maximum atomic E-state index is 6.11. The van der Waals surface area contributed by atoms with Gasteiger partial charge in [0.1, 0.15) is 0 Å². The largest absolute Gasteiger partial charge is 0.396 e. The topological polar surface area (TPSA) is 32.5 Å². The number of nitrogen functional groups attached to an aromatic ring is 1. The van der Waals surface area contributed by atoms with Gasteiger partial charge >= 0.3 is 0 Å². The van der Waals surface area contributed by atoms with Gasteiger partial charge in [-0.1, -0.05) is 29.6 Å². The number of fused-ring (bicyclic) bond motifs is 1. The molecule has 1 atom stereocenters. The Balaban J connectivity index is 1.66. The zero-order valence-electron chi connectivity index (χ0n) is 11.6. The highest BCUT2D eigenvalue weighted by Gasteiger charge is 2.28. The standard InChI is InChI=1S/C15H21Cl2N3/c16-13-7-11(8-14(17)15(13)18)9-19-5-6-20-4-2-1-3-12(20)10-19/h7-8,12H,1-6,9-10,18H2. The number of rotatable bonds is 2. The third-order valence-corrected chi connectivity index (χ3v) is 5.09. The molecule has 0 amide bonds. The molecule has 2 saturated heterocycles. The molecule has 2 N–H and O–H groups in total.